The van der Waals surface area contributed by atoms with Gasteiger partial charge < -0.3 is 2.85 Å². The first-order chi connectivity index (χ1) is 4.91. The van der Waals surface area contributed by atoms with Gasteiger partial charge in [-0.25, -0.2) is 0 Å². The second-order valence-corrected chi connectivity index (χ2v) is 3.11. The fourth-order valence-electron chi connectivity index (χ4n) is 0.709. The van der Waals surface area contributed by atoms with E-state index in [9.17, 15) is 0 Å². The second-order valence-electron chi connectivity index (χ2n) is 2.12. The summed E-state index contributed by atoms with van der Waals surface area (Å²) in [4.78, 5) is 0. The molecule has 0 aromatic rings. The van der Waals surface area contributed by atoms with E-state index in [4.69, 9.17) is 11.6 Å². The second kappa shape index (κ2) is 13.7. The van der Waals surface area contributed by atoms with Gasteiger partial charge in [0.25, 0.3) is 0 Å². The largest absolute Gasteiger partial charge is 2.00 e. The Morgan fingerprint density at radius 2 is 1.82 bits per heavy atom. The summed E-state index contributed by atoms with van der Waals surface area (Å²) in [5.74, 6) is 2.83. The summed E-state index contributed by atoms with van der Waals surface area (Å²) in [5.41, 5.74) is 0. The SMILES string of the molecule is ClC#CCCCCCCBr.[H-].[H-].[Mg+2]. The monoisotopic (exact) mass is 248 g/mol. The van der Waals surface area contributed by atoms with Crippen LogP contribution in [0.1, 0.15) is 35.0 Å². The fraction of sp³-hybridized carbons (Fsp3) is 0.750. The van der Waals surface area contributed by atoms with E-state index >= 15 is 0 Å². The van der Waals surface area contributed by atoms with Crippen LogP contribution in [0.4, 0.5) is 0 Å². The minimum absolute atomic E-state index is 0. The van der Waals surface area contributed by atoms with Gasteiger partial charge in [0.15, 0.2) is 0 Å². The molecule has 0 fully saturated rings. The average Bonchev–Trinajstić information content (AvgIpc) is 1.97. The van der Waals surface area contributed by atoms with Crippen LogP contribution in [0, 0.1) is 11.3 Å². The molecule has 0 aliphatic carbocycles. The summed E-state index contributed by atoms with van der Waals surface area (Å²) in [6.07, 6.45) is 5.99. The van der Waals surface area contributed by atoms with Gasteiger partial charge in [-0.3, -0.25) is 0 Å². The molecule has 0 aromatic carbocycles. The Labute approximate surface area is 102 Å². The Kier molecular flexibility index (Phi) is 18.2. The van der Waals surface area contributed by atoms with Gasteiger partial charge in [-0.15, -0.1) is 0 Å². The van der Waals surface area contributed by atoms with E-state index in [-0.39, 0.29) is 25.9 Å². The molecule has 0 aliphatic heterocycles. The van der Waals surface area contributed by atoms with Crippen molar-refractivity contribution in [2.24, 2.45) is 0 Å². The summed E-state index contributed by atoms with van der Waals surface area (Å²) in [5, 5.41) is 3.49. The fourth-order valence-corrected chi connectivity index (χ4v) is 1.20. The third-order valence-corrected chi connectivity index (χ3v) is 1.95. The van der Waals surface area contributed by atoms with Crippen LogP contribution in [0.2, 0.25) is 0 Å². The van der Waals surface area contributed by atoms with E-state index < -0.39 is 0 Å². The first kappa shape index (κ1) is 14.6. The summed E-state index contributed by atoms with van der Waals surface area (Å²) >= 11 is 8.56. The van der Waals surface area contributed by atoms with E-state index in [1.807, 2.05) is 0 Å². The number of alkyl halides is 1. The number of hydrogen-bond acceptors (Lipinski definition) is 0. The minimum atomic E-state index is 0. The van der Waals surface area contributed by atoms with Crippen LogP contribution in [0.25, 0.3) is 0 Å². The van der Waals surface area contributed by atoms with Gasteiger partial charge in [0.1, 0.15) is 0 Å². The van der Waals surface area contributed by atoms with Gasteiger partial charge in [0.2, 0.25) is 0 Å². The van der Waals surface area contributed by atoms with Gasteiger partial charge in [0.05, 0.1) is 0 Å². The van der Waals surface area contributed by atoms with Crippen LogP contribution in [-0.4, -0.2) is 28.4 Å². The van der Waals surface area contributed by atoms with Gasteiger partial charge in [-0.2, -0.15) is 0 Å². The van der Waals surface area contributed by atoms with E-state index in [1.165, 1.54) is 25.7 Å². The van der Waals surface area contributed by atoms with Gasteiger partial charge >= 0.3 is 23.1 Å². The maximum atomic E-state index is 5.17. The number of rotatable bonds is 5. The minimum Gasteiger partial charge on any atom is -1.00 e. The predicted octanol–water partition coefficient (Wildman–Crippen LogP) is 3.38. The standard InChI is InChI=1S/C8H12BrCl.Mg.2H/c9-7-5-3-1-2-4-6-8-10;;;/h1-5,7H2;;;/q;+2;2*-1. The van der Waals surface area contributed by atoms with Crippen molar-refractivity contribution in [1.82, 2.24) is 0 Å². The molecule has 11 heavy (non-hydrogen) atoms. The smallest absolute Gasteiger partial charge is 1.00 e. The molecule has 0 atom stereocenters. The van der Waals surface area contributed by atoms with Crippen molar-refractivity contribution < 1.29 is 2.85 Å². The molecular weight excluding hydrogens is 236 g/mol. The first-order valence-electron chi connectivity index (χ1n) is 3.56. The Morgan fingerprint density at radius 3 is 2.36 bits per heavy atom. The Hall–Kier alpha value is 1.10. The molecule has 0 unspecified atom stereocenters. The molecule has 0 amide bonds. The van der Waals surface area contributed by atoms with Crippen molar-refractivity contribution in [3.05, 3.63) is 0 Å². The van der Waals surface area contributed by atoms with Crippen molar-refractivity contribution in [2.75, 3.05) is 5.33 Å². The van der Waals surface area contributed by atoms with Crippen molar-refractivity contribution >= 4 is 50.6 Å². The van der Waals surface area contributed by atoms with Gasteiger partial charge in [-0.05, 0) is 24.4 Å². The van der Waals surface area contributed by atoms with Gasteiger partial charge in [0, 0.05) is 17.1 Å². The number of hydrogen-bond donors (Lipinski definition) is 0. The molecular formula is C8H14BrClMg. The van der Waals surface area contributed by atoms with Crippen LogP contribution in [0.15, 0.2) is 0 Å². The maximum Gasteiger partial charge on any atom is 2.00 e. The molecule has 0 N–H and O–H groups in total. The van der Waals surface area contributed by atoms with E-state index in [1.54, 1.807) is 0 Å². The average molecular weight is 250 g/mol. The molecule has 0 saturated carbocycles. The molecule has 62 valence electrons. The molecule has 0 rings (SSSR count). The summed E-state index contributed by atoms with van der Waals surface area (Å²) < 4.78 is 0. The zero-order chi connectivity index (χ0) is 7.66. The van der Waals surface area contributed by atoms with Crippen molar-refractivity contribution in [2.45, 2.75) is 32.1 Å². The summed E-state index contributed by atoms with van der Waals surface area (Å²) in [7, 11) is 0. The molecule has 0 heterocycles. The predicted molar refractivity (Wildman–Crippen MR) is 58.5 cm³/mol. The van der Waals surface area contributed by atoms with Crippen LogP contribution in [-0.2, 0) is 0 Å². The number of unbranched alkanes of at least 4 members (excludes halogenated alkanes) is 4. The Morgan fingerprint density at radius 1 is 1.18 bits per heavy atom. The number of halogens is 2. The molecule has 0 spiro atoms. The van der Waals surface area contributed by atoms with Crippen molar-refractivity contribution in [3.63, 3.8) is 0 Å². The van der Waals surface area contributed by atoms with E-state index in [0.717, 1.165) is 11.8 Å². The topological polar surface area (TPSA) is 0 Å². The zero-order valence-corrected chi connectivity index (χ0v) is 10.5. The van der Waals surface area contributed by atoms with E-state index in [0.29, 0.717) is 0 Å². The normalized spacial score (nSPS) is 7.82. The first-order valence-corrected chi connectivity index (χ1v) is 5.06. The molecule has 3 heteroatoms. The van der Waals surface area contributed by atoms with Gasteiger partial charge in [-0.1, -0.05) is 34.7 Å². The molecule has 0 radical (unpaired) electrons. The Balaban J connectivity index is -0.000000135. The third-order valence-electron chi connectivity index (χ3n) is 1.25. The third kappa shape index (κ3) is 14.0. The molecule has 0 saturated heterocycles. The summed E-state index contributed by atoms with van der Waals surface area (Å²) in [6, 6.07) is 0. The van der Waals surface area contributed by atoms with Crippen LogP contribution in [0.3, 0.4) is 0 Å². The van der Waals surface area contributed by atoms with Crippen molar-refractivity contribution in [1.29, 1.82) is 0 Å². The quantitative estimate of drug-likeness (QED) is 0.303. The van der Waals surface area contributed by atoms with Crippen molar-refractivity contribution in [3.8, 4) is 11.3 Å². The zero-order valence-electron chi connectivity index (χ0n) is 8.71. The van der Waals surface area contributed by atoms with Crippen LogP contribution >= 0.6 is 27.5 Å². The maximum absolute atomic E-state index is 5.17. The van der Waals surface area contributed by atoms with Crippen LogP contribution in [0.5, 0.6) is 0 Å². The Bertz CT molecular complexity index is 125. The molecule has 0 aliphatic rings. The molecule has 0 aromatic heterocycles. The molecule has 0 bridgehead atoms. The molecule has 0 nitrogen and oxygen atoms in total. The summed E-state index contributed by atoms with van der Waals surface area (Å²) in [6.45, 7) is 0. The van der Waals surface area contributed by atoms with Crippen LogP contribution < -0.4 is 0 Å². The van der Waals surface area contributed by atoms with E-state index in [2.05, 4.69) is 27.2 Å².